The lowest BCUT2D eigenvalue weighted by Crippen LogP contribution is -2.30. The van der Waals surface area contributed by atoms with Gasteiger partial charge in [-0.1, -0.05) is 0 Å². The molecule has 0 heterocycles. The van der Waals surface area contributed by atoms with Gasteiger partial charge in [-0.3, -0.25) is 0 Å². The topological polar surface area (TPSA) is 9.23 Å². The van der Waals surface area contributed by atoms with Crippen molar-refractivity contribution in [3.63, 3.8) is 0 Å². The predicted molar refractivity (Wildman–Crippen MR) is 52.7 cm³/mol. The molecule has 0 spiro atoms. The van der Waals surface area contributed by atoms with E-state index < -0.39 is 0 Å². The molecule has 1 rings (SSSR count). The SMILES string of the molecule is CC(C)(C)OC1CCC(Cl)CC1. The fourth-order valence-corrected chi connectivity index (χ4v) is 1.89. The molecule has 0 saturated heterocycles. The molecule has 1 aliphatic carbocycles. The van der Waals surface area contributed by atoms with E-state index in [2.05, 4.69) is 20.8 Å². The van der Waals surface area contributed by atoms with Crippen molar-refractivity contribution in [3.8, 4) is 0 Å². The minimum Gasteiger partial charge on any atom is -0.373 e. The number of alkyl halides is 1. The van der Waals surface area contributed by atoms with Gasteiger partial charge in [-0.25, -0.2) is 0 Å². The summed E-state index contributed by atoms with van der Waals surface area (Å²) in [6, 6.07) is 0. The Bertz CT molecular complexity index is 131. The molecule has 0 bridgehead atoms. The van der Waals surface area contributed by atoms with Gasteiger partial charge in [0, 0.05) is 5.38 Å². The second-order valence-electron chi connectivity index (χ2n) is 4.60. The summed E-state index contributed by atoms with van der Waals surface area (Å²) in [6.07, 6.45) is 4.93. The Labute approximate surface area is 80.4 Å². The molecule has 1 aliphatic rings. The zero-order chi connectivity index (χ0) is 9.19. The third-order valence-electron chi connectivity index (χ3n) is 2.12. The molecule has 0 aromatic heterocycles. The highest BCUT2D eigenvalue weighted by Crippen LogP contribution is 2.27. The van der Waals surface area contributed by atoms with Crippen molar-refractivity contribution < 1.29 is 4.74 Å². The summed E-state index contributed by atoms with van der Waals surface area (Å²) >= 11 is 6.00. The monoisotopic (exact) mass is 190 g/mol. The van der Waals surface area contributed by atoms with Crippen molar-refractivity contribution in [1.82, 2.24) is 0 Å². The molecule has 0 unspecified atom stereocenters. The number of rotatable bonds is 1. The van der Waals surface area contributed by atoms with Gasteiger partial charge in [-0.05, 0) is 46.5 Å². The van der Waals surface area contributed by atoms with Crippen molar-refractivity contribution in [3.05, 3.63) is 0 Å². The maximum Gasteiger partial charge on any atom is 0.0602 e. The fraction of sp³-hybridized carbons (Fsp3) is 1.00. The molecule has 0 radical (unpaired) electrons. The number of halogens is 1. The van der Waals surface area contributed by atoms with Crippen molar-refractivity contribution >= 4 is 11.6 Å². The Kier molecular flexibility index (Phi) is 3.42. The summed E-state index contributed by atoms with van der Waals surface area (Å²) < 4.78 is 5.87. The van der Waals surface area contributed by atoms with E-state index in [9.17, 15) is 0 Å². The smallest absolute Gasteiger partial charge is 0.0602 e. The van der Waals surface area contributed by atoms with Crippen LogP contribution >= 0.6 is 11.6 Å². The van der Waals surface area contributed by atoms with Gasteiger partial charge in [0.1, 0.15) is 0 Å². The summed E-state index contributed by atoms with van der Waals surface area (Å²) in [5.74, 6) is 0. The highest BCUT2D eigenvalue weighted by molar-refractivity contribution is 6.20. The molecule has 0 aromatic carbocycles. The number of ether oxygens (including phenoxy) is 1. The minimum absolute atomic E-state index is 0.00379. The van der Waals surface area contributed by atoms with E-state index in [1.165, 1.54) is 0 Å². The lowest BCUT2D eigenvalue weighted by molar-refractivity contribution is -0.0728. The molecule has 12 heavy (non-hydrogen) atoms. The highest BCUT2D eigenvalue weighted by Gasteiger charge is 2.24. The third kappa shape index (κ3) is 3.77. The van der Waals surface area contributed by atoms with Crippen LogP contribution < -0.4 is 0 Å². The van der Waals surface area contributed by atoms with Gasteiger partial charge in [0.25, 0.3) is 0 Å². The number of hydrogen-bond donors (Lipinski definition) is 0. The summed E-state index contributed by atoms with van der Waals surface area (Å²) in [6.45, 7) is 6.33. The lowest BCUT2D eigenvalue weighted by Gasteiger charge is -2.31. The molecular formula is C10H19ClO. The maximum absolute atomic E-state index is 6.00. The Balaban J connectivity index is 2.26. The van der Waals surface area contributed by atoms with Crippen LogP contribution in [0.15, 0.2) is 0 Å². The second-order valence-corrected chi connectivity index (χ2v) is 5.22. The summed E-state index contributed by atoms with van der Waals surface area (Å²) in [4.78, 5) is 0. The van der Waals surface area contributed by atoms with Crippen LogP contribution in [0.25, 0.3) is 0 Å². The van der Waals surface area contributed by atoms with E-state index in [1.54, 1.807) is 0 Å². The van der Waals surface area contributed by atoms with Gasteiger partial charge < -0.3 is 4.74 Å². The Hall–Kier alpha value is 0.250. The minimum atomic E-state index is 0.00379. The van der Waals surface area contributed by atoms with Gasteiger partial charge >= 0.3 is 0 Å². The Morgan fingerprint density at radius 2 is 1.58 bits per heavy atom. The molecule has 0 aliphatic heterocycles. The summed E-state index contributed by atoms with van der Waals surface area (Å²) in [5, 5.41) is 0.393. The molecule has 72 valence electrons. The van der Waals surface area contributed by atoms with Crippen molar-refractivity contribution in [2.24, 2.45) is 0 Å². The van der Waals surface area contributed by atoms with E-state index >= 15 is 0 Å². The molecule has 0 N–H and O–H groups in total. The molecule has 0 amide bonds. The zero-order valence-corrected chi connectivity index (χ0v) is 9.03. The van der Waals surface area contributed by atoms with Crippen molar-refractivity contribution in [1.29, 1.82) is 0 Å². The first-order chi connectivity index (χ1) is 5.47. The van der Waals surface area contributed by atoms with Crippen LogP contribution in [0, 0.1) is 0 Å². The maximum atomic E-state index is 6.00. The van der Waals surface area contributed by atoms with Crippen molar-refractivity contribution in [2.75, 3.05) is 0 Å². The Morgan fingerprint density at radius 3 is 2.00 bits per heavy atom. The van der Waals surface area contributed by atoms with E-state index in [4.69, 9.17) is 16.3 Å². The first-order valence-corrected chi connectivity index (χ1v) is 5.23. The van der Waals surface area contributed by atoms with Crippen LogP contribution in [0.4, 0.5) is 0 Å². The average Bonchev–Trinajstić information content (AvgIpc) is 1.91. The second kappa shape index (κ2) is 3.97. The summed E-state index contributed by atoms with van der Waals surface area (Å²) in [7, 11) is 0. The molecule has 1 fully saturated rings. The third-order valence-corrected chi connectivity index (χ3v) is 2.56. The largest absolute Gasteiger partial charge is 0.373 e. The van der Waals surface area contributed by atoms with Gasteiger partial charge in [-0.2, -0.15) is 0 Å². The van der Waals surface area contributed by atoms with Crippen LogP contribution in [0.3, 0.4) is 0 Å². The lowest BCUT2D eigenvalue weighted by atomic mass is 9.96. The Morgan fingerprint density at radius 1 is 1.08 bits per heavy atom. The highest BCUT2D eigenvalue weighted by atomic mass is 35.5. The first-order valence-electron chi connectivity index (χ1n) is 4.79. The molecule has 2 heteroatoms. The fourth-order valence-electron chi connectivity index (χ4n) is 1.64. The van der Waals surface area contributed by atoms with Crippen LogP contribution in [0.2, 0.25) is 0 Å². The molecule has 1 nitrogen and oxygen atoms in total. The average molecular weight is 191 g/mol. The molecule has 0 atom stereocenters. The molecule has 0 aromatic rings. The summed E-state index contributed by atoms with van der Waals surface area (Å²) in [5.41, 5.74) is 0.00379. The van der Waals surface area contributed by atoms with Crippen LogP contribution in [0.1, 0.15) is 46.5 Å². The van der Waals surface area contributed by atoms with Gasteiger partial charge in [0.05, 0.1) is 11.7 Å². The van der Waals surface area contributed by atoms with Gasteiger partial charge in [0.15, 0.2) is 0 Å². The molecular weight excluding hydrogens is 172 g/mol. The molecule has 1 saturated carbocycles. The van der Waals surface area contributed by atoms with Crippen LogP contribution in [0.5, 0.6) is 0 Å². The van der Waals surface area contributed by atoms with E-state index in [0.29, 0.717) is 11.5 Å². The van der Waals surface area contributed by atoms with Crippen LogP contribution in [-0.2, 0) is 4.74 Å². The standard InChI is InChI=1S/C10H19ClO/c1-10(2,3)12-9-6-4-8(11)5-7-9/h8-9H,4-7H2,1-3H3. The quantitative estimate of drug-likeness (QED) is 0.577. The van der Waals surface area contributed by atoms with E-state index in [1.807, 2.05) is 0 Å². The van der Waals surface area contributed by atoms with Crippen LogP contribution in [-0.4, -0.2) is 17.1 Å². The zero-order valence-electron chi connectivity index (χ0n) is 8.27. The predicted octanol–water partition coefficient (Wildman–Crippen LogP) is 3.35. The first kappa shape index (κ1) is 10.3. The van der Waals surface area contributed by atoms with Crippen molar-refractivity contribution in [2.45, 2.75) is 63.5 Å². The van der Waals surface area contributed by atoms with Gasteiger partial charge in [0.2, 0.25) is 0 Å². The van der Waals surface area contributed by atoms with E-state index in [0.717, 1.165) is 25.7 Å². The van der Waals surface area contributed by atoms with Gasteiger partial charge in [-0.15, -0.1) is 11.6 Å². The van der Waals surface area contributed by atoms with E-state index in [-0.39, 0.29) is 5.60 Å². The normalized spacial score (nSPS) is 32.0. The number of hydrogen-bond acceptors (Lipinski definition) is 1.